The molecule has 2 N–H and O–H groups in total. The van der Waals surface area contributed by atoms with Gasteiger partial charge in [0.25, 0.3) is 5.91 Å². The van der Waals surface area contributed by atoms with E-state index < -0.39 is 17.9 Å². The molecule has 92 valence electrons. The van der Waals surface area contributed by atoms with Gasteiger partial charge < -0.3 is 10.4 Å². The van der Waals surface area contributed by atoms with Crippen LogP contribution in [-0.4, -0.2) is 33.0 Å². The molecular formula is C11H15N3O3. The molecule has 1 aromatic rings. The van der Waals surface area contributed by atoms with Crippen molar-refractivity contribution in [2.24, 2.45) is 5.92 Å². The molecule has 0 radical (unpaired) electrons. The molecule has 6 heteroatoms. The number of carbonyl (C=O) groups excluding carboxylic acids is 1. The number of nitrogens with zero attached hydrogens (tertiary/aromatic N) is 2. The predicted octanol–water partition coefficient (Wildman–Crippen LogP) is 0.624. The minimum Gasteiger partial charge on any atom is -0.480 e. The molecule has 0 aliphatic carbocycles. The number of nitrogens with one attached hydrogen (secondary N) is 1. The van der Waals surface area contributed by atoms with Crippen LogP contribution in [0.3, 0.4) is 0 Å². The number of amides is 1. The summed E-state index contributed by atoms with van der Waals surface area (Å²) in [7, 11) is 0. The molecule has 0 saturated heterocycles. The zero-order valence-corrected chi connectivity index (χ0v) is 9.97. The largest absolute Gasteiger partial charge is 0.480 e. The minimum absolute atomic E-state index is 0.113. The van der Waals surface area contributed by atoms with E-state index in [9.17, 15) is 9.59 Å². The van der Waals surface area contributed by atoms with Gasteiger partial charge in [-0.2, -0.15) is 0 Å². The third-order valence-corrected chi connectivity index (χ3v) is 2.23. The van der Waals surface area contributed by atoms with Crippen LogP contribution < -0.4 is 5.32 Å². The van der Waals surface area contributed by atoms with E-state index in [2.05, 4.69) is 15.3 Å². The normalized spacial score (nSPS) is 12.2. The molecule has 0 bridgehead atoms. The first-order valence-electron chi connectivity index (χ1n) is 5.24. The maximum absolute atomic E-state index is 11.7. The highest BCUT2D eigenvalue weighted by Crippen LogP contribution is 2.03. The van der Waals surface area contributed by atoms with Crippen LogP contribution in [0.1, 0.15) is 30.0 Å². The van der Waals surface area contributed by atoms with Gasteiger partial charge in [-0.15, -0.1) is 0 Å². The van der Waals surface area contributed by atoms with Gasteiger partial charge in [-0.05, 0) is 12.8 Å². The van der Waals surface area contributed by atoms with Crippen LogP contribution in [0.15, 0.2) is 12.4 Å². The van der Waals surface area contributed by atoms with E-state index in [1.54, 1.807) is 20.8 Å². The number of aliphatic carboxylic acids is 1. The highest BCUT2D eigenvalue weighted by atomic mass is 16.4. The molecule has 1 heterocycles. The first kappa shape index (κ1) is 13.1. The van der Waals surface area contributed by atoms with Crippen molar-refractivity contribution in [1.29, 1.82) is 0 Å². The van der Waals surface area contributed by atoms with Gasteiger partial charge in [-0.1, -0.05) is 13.8 Å². The Morgan fingerprint density at radius 3 is 2.35 bits per heavy atom. The van der Waals surface area contributed by atoms with Gasteiger partial charge in [-0.3, -0.25) is 9.78 Å². The third kappa shape index (κ3) is 3.51. The monoisotopic (exact) mass is 237 g/mol. The Morgan fingerprint density at radius 1 is 1.29 bits per heavy atom. The summed E-state index contributed by atoms with van der Waals surface area (Å²) in [6, 6.07) is -0.925. The van der Waals surface area contributed by atoms with E-state index in [-0.39, 0.29) is 11.6 Å². The summed E-state index contributed by atoms with van der Waals surface area (Å²) in [5.41, 5.74) is 0.808. The summed E-state index contributed by atoms with van der Waals surface area (Å²) in [4.78, 5) is 30.4. The Labute approximate surface area is 99.1 Å². The molecule has 0 saturated carbocycles. The topological polar surface area (TPSA) is 92.2 Å². The van der Waals surface area contributed by atoms with E-state index in [0.29, 0.717) is 5.69 Å². The summed E-state index contributed by atoms with van der Waals surface area (Å²) < 4.78 is 0. The second-order valence-corrected chi connectivity index (χ2v) is 4.08. The number of rotatable bonds is 4. The van der Waals surface area contributed by atoms with Crippen molar-refractivity contribution in [3.8, 4) is 0 Å². The average molecular weight is 237 g/mol. The Bertz CT molecular complexity index is 414. The highest BCUT2D eigenvalue weighted by Gasteiger charge is 2.24. The highest BCUT2D eigenvalue weighted by molar-refractivity contribution is 5.94. The molecule has 1 rings (SSSR count). The van der Waals surface area contributed by atoms with Crippen molar-refractivity contribution in [3.05, 3.63) is 23.8 Å². The van der Waals surface area contributed by atoms with Crippen molar-refractivity contribution in [3.63, 3.8) is 0 Å². The first-order valence-corrected chi connectivity index (χ1v) is 5.24. The molecule has 0 unspecified atom stereocenters. The number of hydrogen-bond acceptors (Lipinski definition) is 4. The molecule has 0 spiro atoms. The smallest absolute Gasteiger partial charge is 0.326 e. The molecule has 1 atom stereocenters. The van der Waals surface area contributed by atoms with Crippen LogP contribution in [0.4, 0.5) is 0 Å². The average Bonchev–Trinajstić information content (AvgIpc) is 2.25. The Balaban J connectivity index is 2.77. The van der Waals surface area contributed by atoms with E-state index >= 15 is 0 Å². The summed E-state index contributed by atoms with van der Waals surface area (Å²) in [6.45, 7) is 5.20. The van der Waals surface area contributed by atoms with Crippen molar-refractivity contribution in [2.45, 2.75) is 26.8 Å². The number of aromatic nitrogens is 2. The molecule has 17 heavy (non-hydrogen) atoms. The van der Waals surface area contributed by atoms with E-state index in [4.69, 9.17) is 5.11 Å². The maximum Gasteiger partial charge on any atom is 0.326 e. The number of aryl methyl sites for hydroxylation is 1. The molecule has 0 fully saturated rings. The number of carbonyl (C=O) groups is 2. The number of carboxylic acid groups (broad SMARTS) is 1. The van der Waals surface area contributed by atoms with Crippen molar-refractivity contribution in [1.82, 2.24) is 15.3 Å². The van der Waals surface area contributed by atoms with Gasteiger partial charge in [0.05, 0.1) is 11.9 Å². The van der Waals surface area contributed by atoms with Crippen LogP contribution in [0.2, 0.25) is 0 Å². The Hall–Kier alpha value is -1.98. The molecule has 6 nitrogen and oxygen atoms in total. The lowest BCUT2D eigenvalue weighted by molar-refractivity contribution is -0.140. The molecule has 1 amide bonds. The van der Waals surface area contributed by atoms with Gasteiger partial charge in [0.15, 0.2) is 0 Å². The van der Waals surface area contributed by atoms with Gasteiger partial charge in [0, 0.05) is 6.20 Å². The zero-order valence-electron chi connectivity index (χ0n) is 9.97. The fourth-order valence-corrected chi connectivity index (χ4v) is 1.24. The zero-order chi connectivity index (χ0) is 13.0. The summed E-state index contributed by atoms with van der Waals surface area (Å²) in [5, 5.41) is 11.3. The fourth-order valence-electron chi connectivity index (χ4n) is 1.24. The SMILES string of the molecule is Cc1cnc(C(=O)N[C@H](C(=O)O)C(C)C)cn1. The quantitative estimate of drug-likeness (QED) is 0.801. The predicted molar refractivity (Wildman–Crippen MR) is 60.5 cm³/mol. The van der Waals surface area contributed by atoms with Gasteiger partial charge >= 0.3 is 5.97 Å². The van der Waals surface area contributed by atoms with Gasteiger partial charge in [-0.25, -0.2) is 9.78 Å². The van der Waals surface area contributed by atoms with Crippen molar-refractivity contribution in [2.75, 3.05) is 0 Å². The van der Waals surface area contributed by atoms with Crippen molar-refractivity contribution < 1.29 is 14.7 Å². The summed E-state index contributed by atoms with van der Waals surface area (Å²) >= 11 is 0. The first-order chi connectivity index (χ1) is 7.91. The molecule has 0 aliphatic rings. The third-order valence-electron chi connectivity index (χ3n) is 2.23. The maximum atomic E-state index is 11.7. The lowest BCUT2D eigenvalue weighted by Gasteiger charge is -2.17. The van der Waals surface area contributed by atoms with Gasteiger partial charge in [0.2, 0.25) is 0 Å². The molecule has 0 aromatic carbocycles. The second kappa shape index (κ2) is 5.38. The molecule has 0 aliphatic heterocycles. The van der Waals surface area contributed by atoms with Crippen LogP contribution in [0, 0.1) is 12.8 Å². The van der Waals surface area contributed by atoms with Gasteiger partial charge in [0.1, 0.15) is 11.7 Å². The fraction of sp³-hybridized carbons (Fsp3) is 0.455. The van der Waals surface area contributed by atoms with E-state index in [1.165, 1.54) is 12.4 Å². The van der Waals surface area contributed by atoms with Crippen LogP contribution in [0.25, 0.3) is 0 Å². The molecular weight excluding hydrogens is 222 g/mol. The molecule has 1 aromatic heterocycles. The van der Waals surface area contributed by atoms with E-state index in [1.807, 2.05) is 0 Å². The summed E-state index contributed by atoms with van der Waals surface area (Å²) in [6.07, 6.45) is 2.78. The van der Waals surface area contributed by atoms with Crippen LogP contribution >= 0.6 is 0 Å². The van der Waals surface area contributed by atoms with Crippen LogP contribution in [0.5, 0.6) is 0 Å². The number of hydrogen-bond donors (Lipinski definition) is 2. The lowest BCUT2D eigenvalue weighted by Crippen LogP contribution is -2.44. The van der Waals surface area contributed by atoms with Crippen LogP contribution in [-0.2, 0) is 4.79 Å². The minimum atomic E-state index is -1.06. The van der Waals surface area contributed by atoms with Crippen molar-refractivity contribution >= 4 is 11.9 Å². The Kier molecular flexibility index (Phi) is 4.14. The second-order valence-electron chi connectivity index (χ2n) is 4.08. The standard InChI is InChI=1S/C11H15N3O3/c1-6(2)9(11(16)17)14-10(15)8-5-12-7(3)4-13-8/h4-6,9H,1-3H3,(H,14,15)(H,16,17)/t9-/m0/s1. The summed E-state index contributed by atoms with van der Waals surface area (Å²) in [5.74, 6) is -1.79. The number of carboxylic acids is 1. The lowest BCUT2D eigenvalue weighted by atomic mass is 10.0. The van der Waals surface area contributed by atoms with E-state index in [0.717, 1.165) is 0 Å². The Morgan fingerprint density at radius 2 is 1.94 bits per heavy atom.